The summed E-state index contributed by atoms with van der Waals surface area (Å²) in [5.74, 6) is 1.30. The molecule has 1 unspecified atom stereocenters. The minimum atomic E-state index is -0.266. The van der Waals surface area contributed by atoms with Crippen LogP contribution in [0.1, 0.15) is 37.3 Å². The number of hydrogen-bond acceptors (Lipinski definition) is 4. The highest BCUT2D eigenvalue weighted by molar-refractivity contribution is 6.33. The van der Waals surface area contributed by atoms with Crippen LogP contribution in [-0.2, 0) is 4.79 Å². The maximum atomic E-state index is 12.4. The fraction of sp³-hybridized carbons (Fsp3) is 0.231. The van der Waals surface area contributed by atoms with E-state index in [0.29, 0.717) is 39.4 Å². The number of carbonyl (C=O) groups excluding carboxylic acids is 1. The molecule has 0 fully saturated rings. The van der Waals surface area contributed by atoms with Gasteiger partial charge in [-0.3, -0.25) is 4.79 Å². The summed E-state index contributed by atoms with van der Waals surface area (Å²) in [6, 6.07) is 18.9. The third kappa shape index (κ3) is 4.94. The van der Waals surface area contributed by atoms with Crippen molar-refractivity contribution in [3.8, 4) is 17.2 Å². The predicted octanol–water partition coefficient (Wildman–Crippen LogP) is 6.99. The highest BCUT2D eigenvalue weighted by Crippen LogP contribution is 2.32. The van der Waals surface area contributed by atoms with Gasteiger partial charge in [-0.15, -0.1) is 0 Å². The molecule has 4 rings (SSSR count). The van der Waals surface area contributed by atoms with E-state index in [0.717, 1.165) is 17.5 Å². The molecule has 0 saturated heterocycles. The van der Waals surface area contributed by atoms with Crippen molar-refractivity contribution >= 4 is 34.3 Å². The second-order valence-corrected chi connectivity index (χ2v) is 8.31. The lowest BCUT2D eigenvalue weighted by molar-refractivity contribution is -0.118. The van der Waals surface area contributed by atoms with Gasteiger partial charge in [-0.05, 0) is 72.9 Å². The number of nitrogens with zero attached hydrogens (tertiary/aromatic N) is 1. The minimum Gasteiger partial charge on any atom is -0.484 e. The van der Waals surface area contributed by atoms with Gasteiger partial charge in [0.1, 0.15) is 11.3 Å². The van der Waals surface area contributed by atoms with Crippen LogP contribution in [0.2, 0.25) is 5.02 Å². The molecule has 6 heteroatoms. The number of nitrogens with one attached hydrogen (secondary N) is 1. The van der Waals surface area contributed by atoms with Gasteiger partial charge in [0.2, 0.25) is 5.89 Å². The van der Waals surface area contributed by atoms with Crippen LogP contribution in [0.25, 0.3) is 22.6 Å². The summed E-state index contributed by atoms with van der Waals surface area (Å²) in [6.45, 7) is 6.24. The van der Waals surface area contributed by atoms with Crippen LogP contribution < -0.4 is 10.1 Å². The lowest BCUT2D eigenvalue weighted by Crippen LogP contribution is -2.20. The summed E-state index contributed by atoms with van der Waals surface area (Å²) in [5, 5.41) is 3.33. The summed E-state index contributed by atoms with van der Waals surface area (Å²) in [6.07, 6.45) is 1.08. The minimum absolute atomic E-state index is 0.0944. The second kappa shape index (κ2) is 9.45. The Morgan fingerprint density at radius 1 is 1.12 bits per heavy atom. The Bertz CT molecular complexity index is 1250. The van der Waals surface area contributed by atoms with Crippen LogP contribution >= 0.6 is 11.6 Å². The Labute approximate surface area is 192 Å². The Morgan fingerprint density at radius 2 is 1.91 bits per heavy atom. The number of aromatic nitrogens is 1. The molecule has 1 aromatic heterocycles. The Hall–Kier alpha value is -3.31. The number of oxazole rings is 1. The van der Waals surface area contributed by atoms with Gasteiger partial charge in [-0.2, -0.15) is 0 Å². The molecular weight excluding hydrogens is 424 g/mol. The van der Waals surface area contributed by atoms with Crippen LogP contribution in [-0.4, -0.2) is 17.5 Å². The molecule has 1 amide bonds. The van der Waals surface area contributed by atoms with Crippen molar-refractivity contribution in [2.75, 3.05) is 11.9 Å². The van der Waals surface area contributed by atoms with Gasteiger partial charge >= 0.3 is 0 Å². The third-order valence-corrected chi connectivity index (χ3v) is 5.79. The lowest BCUT2D eigenvalue weighted by atomic mass is 9.99. The van der Waals surface area contributed by atoms with Gasteiger partial charge in [0.25, 0.3) is 5.91 Å². The maximum Gasteiger partial charge on any atom is 0.262 e. The van der Waals surface area contributed by atoms with E-state index < -0.39 is 0 Å². The highest BCUT2D eigenvalue weighted by Gasteiger charge is 2.14. The van der Waals surface area contributed by atoms with Crippen molar-refractivity contribution in [1.29, 1.82) is 0 Å². The number of anilines is 1. The quantitative estimate of drug-likeness (QED) is 0.331. The molecule has 3 aromatic carbocycles. The van der Waals surface area contributed by atoms with Crippen molar-refractivity contribution in [1.82, 2.24) is 4.98 Å². The molecular formula is C26H25ClN2O3. The predicted molar refractivity (Wildman–Crippen MR) is 128 cm³/mol. The zero-order chi connectivity index (χ0) is 22.7. The molecule has 0 aliphatic carbocycles. The van der Waals surface area contributed by atoms with Gasteiger partial charge in [0.15, 0.2) is 12.2 Å². The number of rotatable bonds is 7. The molecule has 32 heavy (non-hydrogen) atoms. The van der Waals surface area contributed by atoms with Crippen molar-refractivity contribution in [2.24, 2.45) is 0 Å². The fourth-order valence-corrected chi connectivity index (χ4v) is 3.59. The molecule has 164 valence electrons. The van der Waals surface area contributed by atoms with Crippen LogP contribution in [0.3, 0.4) is 0 Å². The van der Waals surface area contributed by atoms with Gasteiger partial charge < -0.3 is 14.5 Å². The molecule has 1 N–H and O–H groups in total. The lowest BCUT2D eigenvalue weighted by Gasteiger charge is -2.11. The number of hydrogen-bond donors (Lipinski definition) is 1. The van der Waals surface area contributed by atoms with E-state index in [-0.39, 0.29) is 12.5 Å². The molecule has 4 aromatic rings. The average molecular weight is 449 g/mol. The average Bonchev–Trinajstić information content (AvgIpc) is 3.21. The summed E-state index contributed by atoms with van der Waals surface area (Å²) in [7, 11) is 0. The third-order valence-electron chi connectivity index (χ3n) is 5.46. The van der Waals surface area contributed by atoms with Crippen LogP contribution in [0.15, 0.2) is 65.1 Å². The SMILES string of the molecule is CCC(C)c1ccc(OCC(=O)Nc2ccc(Cl)c(-c3nc4ccc(C)cc4o3)c2)cc1. The second-order valence-electron chi connectivity index (χ2n) is 7.90. The van der Waals surface area contributed by atoms with Gasteiger partial charge in [-0.25, -0.2) is 4.98 Å². The maximum absolute atomic E-state index is 12.4. The molecule has 1 atom stereocenters. The Morgan fingerprint density at radius 3 is 2.66 bits per heavy atom. The zero-order valence-corrected chi connectivity index (χ0v) is 19.1. The van der Waals surface area contributed by atoms with Crippen LogP contribution in [0.4, 0.5) is 5.69 Å². The summed E-state index contributed by atoms with van der Waals surface area (Å²) in [4.78, 5) is 16.9. The van der Waals surface area contributed by atoms with Gasteiger partial charge in [0, 0.05) is 5.69 Å². The highest BCUT2D eigenvalue weighted by atomic mass is 35.5. The fourth-order valence-electron chi connectivity index (χ4n) is 3.39. The first-order valence-electron chi connectivity index (χ1n) is 10.6. The topological polar surface area (TPSA) is 64.4 Å². The number of ether oxygens (including phenoxy) is 1. The molecule has 5 nitrogen and oxygen atoms in total. The normalized spacial score (nSPS) is 12.0. The molecule has 0 spiro atoms. The van der Waals surface area contributed by atoms with Crippen molar-refractivity contribution in [3.63, 3.8) is 0 Å². The number of amides is 1. The number of benzene rings is 3. The largest absolute Gasteiger partial charge is 0.484 e. The number of halogens is 1. The van der Waals surface area contributed by atoms with E-state index in [4.69, 9.17) is 20.8 Å². The summed E-state index contributed by atoms with van der Waals surface area (Å²) >= 11 is 6.38. The molecule has 0 aliphatic rings. The van der Waals surface area contributed by atoms with E-state index in [1.807, 2.05) is 49.4 Å². The first-order valence-corrected chi connectivity index (χ1v) is 11.0. The first-order chi connectivity index (χ1) is 15.4. The Balaban J connectivity index is 1.43. The Kier molecular flexibility index (Phi) is 6.47. The van der Waals surface area contributed by atoms with Crippen molar-refractivity contribution in [2.45, 2.75) is 33.1 Å². The van der Waals surface area contributed by atoms with E-state index in [2.05, 4.69) is 24.1 Å². The van der Waals surface area contributed by atoms with E-state index in [9.17, 15) is 4.79 Å². The standard InChI is InChI=1S/C26H25ClN2O3/c1-4-17(3)18-6-9-20(10-7-18)31-15-25(30)28-19-8-11-22(27)21(14-19)26-29-23-12-5-16(2)13-24(23)32-26/h5-14,17H,4,15H2,1-3H3,(H,28,30). The zero-order valence-electron chi connectivity index (χ0n) is 18.3. The molecule has 0 radical (unpaired) electrons. The summed E-state index contributed by atoms with van der Waals surface area (Å²) in [5.41, 5.74) is 4.99. The molecule has 1 heterocycles. The number of aryl methyl sites for hydroxylation is 1. The van der Waals surface area contributed by atoms with Gasteiger partial charge in [0.05, 0.1) is 10.6 Å². The first kappa shape index (κ1) is 21.9. The van der Waals surface area contributed by atoms with E-state index >= 15 is 0 Å². The smallest absolute Gasteiger partial charge is 0.262 e. The molecule has 0 bridgehead atoms. The van der Waals surface area contributed by atoms with Gasteiger partial charge in [-0.1, -0.05) is 43.6 Å². The van der Waals surface area contributed by atoms with Crippen LogP contribution in [0, 0.1) is 6.92 Å². The summed E-state index contributed by atoms with van der Waals surface area (Å²) < 4.78 is 11.5. The number of carbonyl (C=O) groups is 1. The van der Waals surface area contributed by atoms with E-state index in [1.54, 1.807) is 18.2 Å². The molecule has 0 saturated carbocycles. The monoisotopic (exact) mass is 448 g/mol. The van der Waals surface area contributed by atoms with Crippen molar-refractivity contribution in [3.05, 3.63) is 76.8 Å². The molecule has 0 aliphatic heterocycles. The number of fused-ring (bicyclic) bond motifs is 1. The van der Waals surface area contributed by atoms with Crippen molar-refractivity contribution < 1.29 is 13.9 Å². The van der Waals surface area contributed by atoms with E-state index in [1.165, 1.54) is 5.56 Å². The van der Waals surface area contributed by atoms with Crippen LogP contribution in [0.5, 0.6) is 5.75 Å².